The maximum Gasteiger partial charge on any atom is 0.305 e. The largest absolute Gasteiger partial charge is 0.760 e. The summed E-state index contributed by atoms with van der Waals surface area (Å²) >= 11 is -2.35. The Hall–Kier alpha value is -1.77. The SMILES string of the molecule is C=CC1=CC(F)=C2CCC(CNS(=O)[O-])C(=C(C)N(CCC(=O)O)C1)C2. The summed E-state index contributed by atoms with van der Waals surface area (Å²) in [7, 11) is 0. The number of carbonyl (C=O) groups is 1. The van der Waals surface area contributed by atoms with E-state index in [4.69, 9.17) is 5.11 Å². The molecule has 2 unspecified atom stereocenters. The van der Waals surface area contributed by atoms with Gasteiger partial charge in [0.05, 0.1) is 6.42 Å². The maximum absolute atomic E-state index is 14.6. The van der Waals surface area contributed by atoms with Crippen LogP contribution in [0.4, 0.5) is 4.39 Å². The third-order valence-electron chi connectivity index (χ3n) is 4.96. The Labute approximate surface area is 155 Å². The van der Waals surface area contributed by atoms with Crippen LogP contribution >= 0.6 is 0 Å². The van der Waals surface area contributed by atoms with Crippen LogP contribution in [-0.4, -0.2) is 44.4 Å². The van der Waals surface area contributed by atoms with Crippen molar-refractivity contribution in [3.63, 3.8) is 0 Å². The molecule has 1 aliphatic heterocycles. The van der Waals surface area contributed by atoms with Crippen molar-refractivity contribution in [3.05, 3.63) is 47.0 Å². The fourth-order valence-electron chi connectivity index (χ4n) is 3.46. The molecule has 6 nitrogen and oxygen atoms in total. The molecule has 1 saturated carbocycles. The zero-order chi connectivity index (χ0) is 19.3. The smallest absolute Gasteiger partial charge is 0.305 e. The highest BCUT2D eigenvalue weighted by atomic mass is 32.2. The predicted octanol–water partition coefficient (Wildman–Crippen LogP) is 2.57. The molecule has 144 valence electrons. The van der Waals surface area contributed by atoms with Gasteiger partial charge in [-0.15, -0.1) is 0 Å². The number of nitrogens with one attached hydrogen (secondary N) is 1. The predicted molar refractivity (Wildman–Crippen MR) is 97.2 cm³/mol. The Morgan fingerprint density at radius 2 is 2.35 bits per heavy atom. The van der Waals surface area contributed by atoms with Crippen LogP contribution in [-0.2, 0) is 16.1 Å². The number of carboxylic acids is 1. The minimum atomic E-state index is -2.35. The summed E-state index contributed by atoms with van der Waals surface area (Å²) in [5.74, 6) is -1.22. The minimum Gasteiger partial charge on any atom is -0.760 e. The first kappa shape index (κ1) is 20.5. The molecule has 1 fully saturated rings. The lowest BCUT2D eigenvalue weighted by molar-refractivity contribution is -0.137. The highest BCUT2D eigenvalue weighted by molar-refractivity contribution is 7.77. The Kier molecular flexibility index (Phi) is 7.31. The number of halogens is 1. The third kappa shape index (κ3) is 5.36. The fraction of sp³-hybridized carbons (Fsp3) is 0.500. The van der Waals surface area contributed by atoms with E-state index in [9.17, 15) is 17.9 Å². The molecule has 2 N–H and O–H groups in total. The van der Waals surface area contributed by atoms with Gasteiger partial charge in [0.15, 0.2) is 0 Å². The van der Waals surface area contributed by atoms with Gasteiger partial charge in [-0.1, -0.05) is 12.7 Å². The lowest BCUT2D eigenvalue weighted by Gasteiger charge is -2.34. The first-order valence-electron chi connectivity index (χ1n) is 8.51. The fourth-order valence-corrected chi connectivity index (χ4v) is 3.80. The summed E-state index contributed by atoms with van der Waals surface area (Å²) in [5, 5.41) is 9.03. The molecule has 2 rings (SSSR count). The molecule has 2 bridgehead atoms. The second kappa shape index (κ2) is 9.25. The van der Waals surface area contributed by atoms with E-state index < -0.39 is 17.2 Å². The molecule has 0 saturated heterocycles. The number of carboxylic acid groups (broad SMARTS) is 1. The summed E-state index contributed by atoms with van der Waals surface area (Å²) < 4.78 is 38.8. The molecule has 0 amide bonds. The van der Waals surface area contributed by atoms with Crippen LogP contribution < -0.4 is 4.72 Å². The Morgan fingerprint density at radius 1 is 1.62 bits per heavy atom. The first-order valence-corrected chi connectivity index (χ1v) is 9.59. The second-order valence-electron chi connectivity index (χ2n) is 6.55. The van der Waals surface area contributed by atoms with Crippen molar-refractivity contribution in [1.29, 1.82) is 0 Å². The zero-order valence-electron chi connectivity index (χ0n) is 14.8. The van der Waals surface area contributed by atoms with Gasteiger partial charge < -0.3 is 14.6 Å². The van der Waals surface area contributed by atoms with Gasteiger partial charge in [-0.25, -0.2) is 9.11 Å². The minimum absolute atomic E-state index is 0.0364. The number of nitrogens with zero attached hydrogens (tertiary/aromatic N) is 1. The Balaban J connectivity index is 2.41. The lowest BCUT2D eigenvalue weighted by atomic mass is 9.80. The van der Waals surface area contributed by atoms with Crippen molar-refractivity contribution in [2.24, 2.45) is 5.92 Å². The highest BCUT2D eigenvalue weighted by Gasteiger charge is 2.28. The summed E-state index contributed by atoms with van der Waals surface area (Å²) in [6.45, 7) is 6.53. The number of rotatable bonds is 7. The van der Waals surface area contributed by atoms with Gasteiger partial charge in [0.1, 0.15) is 5.83 Å². The van der Waals surface area contributed by atoms with Crippen LogP contribution in [0.5, 0.6) is 0 Å². The monoisotopic (exact) mass is 383 g/mol. The average Bonchev–Trinajstić information content (AvgIpc) is 2.63. The third-order valence-corrected chi connectivity index (χ3v) is 5.36. The van der Waals surface area contributed by atoms with E-state index >= 15 is 0 Å². The summed E-state index contributed by atoms with van der Waals surface area (Å²) in [6, 6.07) is 0. The normalized spacial score (nSPS) is 22.3. The van der Waals surface area contributed by atoms with Crippen LogP contribution in [0.2, 0.25) is 0 Å². The van der Waals surface area contributed by atoms with Crippen molar-refractivity contribution in [1.82, 2.24) is 9.62 Å². The summed E-state index contributed by atoms with van der Waals surface area (Å²) in [4.78, 5) is 12.9. The van der Waals surface area contributed by atoms with E-state index in [0.717, 1.165) is 11.3 Å². The number of hydrogen-bond acceptors (Lipinski definition) is 4. The molecular weight excluding hydrogens is 359 g/mol. The second-order valence-corrected chi connectivity index (χ2v) is 7.30. The van der Waals surface area contributed by atoms with Crippen LogP contribution in [0.25, 0.3) is 0 Å². The van der Waals surface area contributed by atoms with Crippen LogP contribution in [0.1, 0.15) is 32.6 Å². The number of aliphatic carboxylic acids is 1. The zero-order valence-corrected chi connectivity index (χ0v) is 15.6. The molecule has 26 heavy (non-hydrogen) atoms. The van der Waals surface area contributed by atoms with Crippen molar-refractivity contribution in [3.8, 4) is 0 Å². The van der Waals surface area contributed by atoms with Crippen molar-refractivity contribution >= 4 is 17.2 Å². The molecule has 1 aliphatic carbocycles. The Bertz CT molecular complexity index is 699. The van der Waals surface area contributed by atoms with E-state index in [-0.39, 0.29) is 24.7 Å². The van der Waals surface area contributed by atoms with Crippen LogP contribution in [0, 0.1) is 5.92 Å². The molecule has 2 aliphatic rings. The molecule has 0 aromatic rings. The van der Waals surface area contributed by atoms with Gasteiger partial charge >= 0.3 is 5.97 Å². The van der Waals surface area contributed by atoms with Gasteiger partial charge in [0.2, 0.25) is 0 Å². The van der Waals surface area contributed by atoms with Crippen molar-refractivity contribution in [2.75, 3.05) is 19.6 Å². The molecule has 0 aromatic carbocycles. The van der Waals surface area contributed by atoms with E-state index in [1.807, 2.05) is 11.8 Å². The first-order chi connectivity index (χ1) is 12.3. The quantitative estimate of drug-likeness (QED) is 0.659. The van der Waals surface area contributed by atoms with Crippen molar-refractivity contribution < 1.29 is 23.1 Å². The molecule has 2 atom stereocenters. The molecule has 0 radical (unpaired) electrons. The summed E-state index contributed by atoms with van der Waals surface area (Å²) in [5.41, 5.74) is 3.22. The number of allylic oxidation sites excluding steroid dienone is 4. The van der Waals surface area contributed by atoms with E-state index in [2.05, 4.69) is 11.3 Å². The summed E-state index contributed by atoms with van der Waals surface area (Å²) in [6.07, 6.45) is 4.66. The number of fused-ring (bicyclic) bond motifs is 2. The van der Waals surface area contributed by atoms with Gasteiger partial charge in [-0.05, 0) is 54.9 Å². The molecule has 0 aromatic heterocycles. The van der Waals surface area contributed by atoms with E-state index in [1.165, 1.54) is 6.08 Å². The van der Waals surface area contributed by atoms with Crippen molar-refractivity contribution in [2.45, 2.75) is 32.6 Å². The van der Waals surface area contributed by atoms with Crippen LogP contribution in [0.3, 0.4) is 0 Å². The topological polar surface area (TPSA) is 92.7 Å². The highest BCUT2D eigenvalue weighted by Crippen LogP contribution is 2.38. The lowest BCUT2D eigenvalue weighted by Crippen LogP contribution is -2.32. The van der Waals surface area contributed by atoms with Gasteiger partial charge in [0, 0.05) is 36.6 Å². The molecule has 0 spiro atoms. The molecule has 1 heterocycles. The van der Waals surface area contributed by atoms with E-state index in [1.54, 1.807) is 6.08 Å². The Morgan fingerprint density at radius 3 is 2.96 bits per heavy atom. The van der Waals surface area contributed by atoms with Gasteiger partial charge in [-0.3, -0.25) is 9.00 Å². The number of hydrogen-bond donors (Lipinski definition) is 2. The van der Waals surface area contributed by atoms with E-state index in [0.29, 0.717) is 43.5 Å². The molecular formula is C18H24FN2O4S-. The standard InChI is InChI=1S/C18H25FN2O4S/c1-3-13-8-17(19)14-4-5-15(10-20-26(24)25)16(9-14)12(2)21(11-13)7-6-18(22)23/h3,8,15,20H,1,4-7,9-11H2,2H3,(H,22,23)(H,24,25)/p-1. The van der Waals surface area contributed by atoms with Crippen LogP contribution in [0.15, 0.2) is 47.0 Å². The average molecular weight is 383 g/mol. The maximum atomic E-state index is 14.6. The molecule has 8 heteroatoms. The van der Waals surface area contributed by atoms with Gasteiger partial charge in [0.25, 0.3) is 0 Å². The van der Waals surface area contributed by atoms with Gasteiger partial charge in [-0.2, -0.15) is 0 Å².